The van der Waals surface area contributed by atoms with E-state index in [1.54, 1.807) is 0 Å². The van der Waals surface area contributed by atoms with Gasteiger partial charge in [-0.1, -0.05) is 58.4 Å². The molecule has 0 unspecified atom stereocenters. The van der Waals surface area contributed by atoms with Gasteiger partial charge >= 0.3 is 0 Å². The lowest BCUT2D eigenvalue weighted by atomic mass is 10.1. The van der Waals surface area contributed by atoms with E-state index < -0.39 is 0 Å². The zero-order valence-electron chi connectivity index (χ0n) is 7.53. The molecule has 0 aromatic rings. The van der Waals surface area contributed by atoms with E-state index in [1.807, 2.05) is 42.5 Å². The SMILES string of the molecule is O=C(CBr)c1ccc2cccccc1-2. The summed E-state index contributed by atoms with van der Waals surface area (Å²) in [5.41, 5.74) is 2.94. The van der Waals surface area contributed by atoms with Crippen molar-refractivity contribution < 1.29 is 4.79 Å². The van der Waals surface area contributed by atoms with Crippen LogP contribution < -0.4 is 0 Å². The summed E-state index contributed by atoms with van der Waals surface area (Å²) >= 11 is 3.18. The first-order valence-electron chi connectivity index (χ1n) is 4.40. The third-order valence-electron chi connectivity index (χ3n) is 2.21. The summed E-state index contributed by atoms with van der Waals surface area (Å²) in [6.45, 7) is 0. The smallest absolute Gasteiger partial charge is 0.173 e. The zero-order valence-corrected chi connectivity index (χ0v) is 9.12. The van der Waals surface area contributed by atoms with Crippen LogP contribution in [0.5, 0.6) is 0 Å². The van der Waals surface area contributed by atoms with Crippen LogP contribution in [0, 0.1) is 0 Å². The lowest BCUT2D eigenvalue weighted by Crippen LogP contribution is -1.98. The van der Waals surface area contributed by atoms with Crippen LogP contribution in [0.4, 0.5) is 0 Å². The second-order valence-electron chi connectivity index (χ2n) is 3.08. The molecule has 0 saturated heterocycles. The molecule has 2 rings (SSSR count). The Morgan fingerprint density at radius 3 is 2.64 bits per heavy atom. The zero-order chi connectivity index (χ0) is 9.97. The summed E-state index contributed by atoms with van der Waals surface area (Å²) in [5.74, 6) is 0.131. The third kappa shape index (κ3) is 1.58. The maximum absolute atomic E-state index is 11.5. The fraction of sp³-hybridized carbons (Fsp3) is 0.0833. The van der Waals surface area contributed by atoms with Gasteiger partial charge in [0.1, 0.15) is 0 Å². The molecule has 0 saturated carbocycles. The molecule has 2 aliphatic rings. The Bertz CT molecular complexity index is 436. The molecular formula is C12H9BrO. The number of fused-ring (bicyclic) bond motifs is 1. The van der Waals surface area contributed by atoms with Gasteiger partial charge in [-0.2, -0.15) is 0 Å². The maximum atomic E-state index is 11.5. The van der Waals surface area contributed by atoms with Gasteiger partial charge in [0.25, 0.3) is 0 Å². The molecule has 1 nitrogen and oxygen atoms in total. The maximum Gasteiger partial charge on any atom is 0.173 e. The van der Waals surface area contributed by atoms with Crippen LogP contribution in [0.15, 0.2) is 42.5 Å². The average Bonchev–Trinajstić information content (AvgIpc) is 2.46. The highest BCUT2D eigenvalue weighted by Gasteiger charge is 2.12. The molecule has 70 valence electrons. The lowest BCUT2D eigenvalue weighted by Gasteiger charge is -1.97. The summed E-state index contributed by atoms with van der Waals surface area (Å²) in [7, 11) is 0. The second-order valence-corrected chi connectivity index (χ2v) is 3.64. The molecule has 0 N–H and O–H groups in total. The predicted octanol–water partition coefficient (Wildman–Crippen LogP) is 3.37. The fourth-order valence-corrected chi connectivity index (χ4v) is 1.83. The van der Waals surface area contributed by atoms with Crippen LogP contribution in [0.25, 0.3) is 11.1 Å². The molecule has 0 aliphatic heterocycles. The van der Waals surface area contributed by atoms with E-state index in [2.05, 4.69) is 15.9 Å². The van der Waals surface area contributed by atoms with Gasteiger partial charge in [0, 0.05) is 5.56 Å². The van der Waals surface area contributed by atoms with Gasteiger partial charge in [0.15, 0.2) is 5.78 Å². The number of alkyl halides is 1. The van der Waals surface area contributed by atoms with Crippen molar-refractivity contribution in [3.05, 3.63) is 48.0 Å². The monoisotopic (exact) mass is 248 g/mol. The summed E-state index contributed by atoms with van der Waals surface area (Å²) in [6.07, 6.45) is 0. The van der Waals surface area contributed by atoms with E-state index in [9.17, 15) is 4.79 Å². The van der Waals surface area contributed by atoms with E-state index in [0.29, 0.717) is 5.33 Å². The van der Waals surface area contributed by atoms with Crippen molar-refractivity contribution in [3.63, 3.8) is 0 Å². The molecule has 2 aliphatic carbocycles. The first-order chi connectivity index (χ1) is 6.83. The molecule has 14 heavy (non-hydrogen) atoms. The van der Waals surface area contributed by atoms with E-state index >= 15 is 0 Å². The fourth-order valence-electron chi connectivity index (χ4n) is 1.53. The summed E-state index contributed by atoms with van der Waals surface area (Å²) in [4.78, 5) is 11.5. The number of halogens is 1. The van der Waals surface area contributed by atoms with Crippen LogP contribution in [0.1, 0.15) is 10.4 Å². The number of carbonyl (C=O) groups excluding carboxylic acids is 1. The molecule has 0 atom stereocenters. The van der Waals surface area contributed by atoms with Crippen molar-refractivity contribution in [1.82, 2.24) is 0 Å². The summed E-state index contributed by atoms with van der Waals surface area (Å²) in [5, 5.41) is 0.380. The van der Waals surface area contributed by atoms with Crippen molar-refractivity contribution in [1.29, 1.82) is 0 Å². The Balaban J connectivity index is 2.58. The van der Waals surface area contributed by atoms with Gasteiger partial charge in [-0.3, -0.25) is 4.79 Å². The lowest BCUT2D eigenvalue weighted by molar-refractivity contribution is 0.102. The minimum Gasteiger partial charge on any atom is -0.293 e. The van der Waals surface area contributed by atoms with Crippen LogP contribution in [0.3, 0.4) is 0 Å². The van der Waals surface area contributed by atoms with Crippen molar-refractivity contribution in [2.45, 2.75) is 0 Å². The largest absolute Gasteiger partial charge is 0.293 e. The Morgan fingerprint density at radius 1 is 1.07 bits per heavy atom. The normalized spacial score (nSPS) is 10.4. The molecule has 0 aromatic heterocycles. The molecule has 0 aromatic carbocycles. The summed E-state index contributed by atoms with van der Waals surface area (Å²) in [6, 6.07) is 13.7. The van der Waals surface area contributed by atoms with Gasteiger partial charge in [-0.25, -0.2) is 0 Å². The predicted molar refractivity (Wildman–Crippen MR) is 61.2 cm³/mol. The molecule has 0 heterocycles. The highest BCUT2D eigenvalue weighted by molar-refractivity contribution is 9.09. The van der Waals surface area contributed by atoms with E-state index in [0.717, 1.165) is 16.7 Å². The number of carbonyl (C=O) groups is 1. The molecule has 0 bridgehead atoms. The van der Waals surface area contributed by atoms with Crippen molar-refractivity contribution in [3.8, 4) is 11.1 Å². The molecule has 0 fully saturated rings. The minimum absolute atomic E-state index is 0.131. The number of hydrogen-bond acceptors (Lipinski definition) is 1. The first kappa shape index (κ1) is 9.41. The summed E-state index contributed by atoms with van der Waals surface area (Å²) < 4.78 is 0. The van der Waals surface area contributed by atoms with Crippen molar-refractivity contribution in [2.75, 3.05) is 5.33 Å². The average molecular weight is 249 g/mol. The highest BCUT2D eigenvalue weighted by Crippen LogP contribution is 2.27. The Kier molecular flexibility index (Phi) is 2.64. The highest BCUT2D eigenvalue weighted by atomic mass is 79.9. The standard InChI is InChI=1S/C12H9BrO/c13-8-12(14)11-7-6-9-4-2-1-3-5-10(9)11/h1-7H,8H2. The van der Waals surface area contributed by atoms with Gasteiger partial charge in [-0.15, -0.1) is 0 Å². The number of Topliss-reactive ketones (excluding diaryl/α,β-unsaturated/α-hetero) is 1. The first-order valence-corrected chi connectivity index (χ1v) is 5.52. The molecule has 0 radical (unpaired) electrons. The quantitative estimate of drug-likeness (QED) is 0.589. The van der Waals surface area contributed by atoms with E-state index in [1.165, 1.54) is 0 Å². The Hall–Kier alpha value is -1.15. The van der Waals surface area contributed by atoms with Gasteiger partial charge in [0.2, 0.25) is 0 Å². The van der Waals surface area contributed by atoms with Gasteiger partial charge < -0.3 is 0 Å². The van der Waals surface area contributed by atoms with Crippen LogP contribution in [-0.2, 0) is 0 Å². The topological polar surface area (TPSA) is 17.1 Å². The minimum atomic E-state index is 0.131. The number of hydrogen-bond donors (Lipinski definition) is 0. The van der Waals surface area contributed by atoms with Crippen LogP contribution in [0.2, 0.25) is 0 Å². The number of ketones is 1. The van der Waals surface area contributed by atoms with E-state index in [-0.39, 0.29) is 5.78 Å². The Morgan fingerprint density at radius 2 is 1.86 bits per heavy atom. The third-order valence-corrected chi connectivity index (χ3v) is 2.72. The van der Waals surface area contributed by atoms with Gasteiger partial charge in [0.05, 0.1) is 5.33 Å². The van der Waals surface area contributed by atoms with Gasteiger partial charge in [-0.05, 0) is 11.1 Å². The molecule has 0 amide bonds. The van der Waals surface area contributed by atoms with Crippen molar-refractivity contribution >= 4 is 21.7 Å². The Labute approximate surface area is 91.2 Å². The van der Waals surface area contributed by atoms with Crippen LogP contribution >= 0.6 is 15.9 Å². The molecule has 2 heteroatoms. The van der Waals surface area contributed by atoms with Crippen LogP contribution in [-0.4, -0.2) is 11.1 Å². The molecule has 0 spiro atoms. The number of rotatable bonds is 2. The van der Waals surface area contributed by atoms with E-state index in [4.69, 9.17) is 0 Å². The second kappa shape index (κ2) is 3.93. The van der Waals surface area contributed by atoms with Crippen molar-refractivity contribution in [2.24, 2.45) is 0 Å². The molecular weight excluding hydrogens is 240 g/mol.